The molecule has 0 spiro atoms. The number of hydrogen-bond donors (Lipinski definition) is 1. The molecule has 0 aliphatic heterocycles. The van der Waals surface area contributed by atoms with E-state index in [0.717, 1.165) is 5.69 Å². The van der Waals surface area contributed by atoms with Gasteiger partial charge in [0, 0.05) is 36.8 Å². The number of likely N-dealkylation sites (N-methyl/N-ethyl adjacent to an activating group) is 1. The average Bonchev–Trinajstić information content (AvgIpc) is 2.69. The molecule has 1 aromatic rings. The second-order valence-electron chi connectivity index (χ2n) is 8.32. The van der Waals surface area contributed by atoms with Gasteiger partial charge in [-0.2, -0.15) is 5.10 Å². The Morgan fingerprint density at radius 1 is 1.24 bits per heavy atom. The third-order valence-corrected chi connectivity index (χ3v) is 4.51. The smallest absolute Gasteiger partial charge is 0.0726 e. The summed E-state index contributed by atoms with van der Waals surface area (Å²) in [5, 5.41) is 4.69. The van der Waals surface area contributed by atoms with Gasteiger partial charge in [-0.1, -0.05) is 41.5 Å². The fourth-order valence-corrected chi connectivity index (χ4v) is 2.73. The van der Waals surface area contributed by atoms with Crippen molar-refractivity contribution in [3.8, 4) is 0 Å². The van der Waals surface area contributed by atoms with Crippen LogP contribution in [0, 0.1) is 5.41 Å². The van der Waals surface area contributed by atoms with Crippen molar-refractivity contribution in [2.45, 2.75) is 66.0 Å². The molecule has 2 N–H and O–H groups in total. The van der Waals surface area contributed by atoms with Gasteiger partial charge in [0.2, 0.25) is 0 Å². The molecule has 0 amide bonds. The predicted octanol–water partition coefficient (Wildman–Crippen LogP) is 3.08. The van der Waals surface area contributed by atoms with Crippen molar-refractivity contribution in [2.75, 3.05) is 13.6 Å². The molecule has 0 saturated heterocycles. The van der Waals surface area contributed by atoms with Crippen molar-refractivity contribution in [1.82, 2.24) is 14.7 Å². The minimum absolute atomic E-state index is 0.0236. The lowest BCUT2D eigenvalue weighted by Gasteiger charge is -2.40. The van der Waals surface area contributed by atoms with Gasteiger partial charge in [-0.15, -0.1) is 0 Å². The molecule has 0 radical (unpaired) electrons. The normalized spacial score (nSPS) is 16.3. The van der Waals surface area contributed by atoms with Crippen molar-refractivity contribution in [1.29, 1.82) is 0 Å². The van der Waals surface area contributed by atoms with Gasteiger partial charge in [0.25, 0.3) is 0 Å². The Balaban J connectivity index is 3.23. The van der Waals surface area contributed by atoms with Gasteiger partial charge in [0.05, 0.1) is 11.7 Å². The van der Waals surface area contributed by atoms with E-state index in [1.165, 1.54) is 5.56 Å². The van der Waals surface area contributed by atoms with E-state index in [0.29, 0.717) is 12.6 Å². The molecule has 0 fully saturated rings. The summed E-state index contributed by atoms with van der Waals surface area (Å²) in [7, 11) is 4.16. The first-order valence-corrected chi connectivity index (χ1v) is 7.85. The Kier molecular flexibility index (Phi) is 5.27. The van der Waals surface area contributed by atoms with Crippen LogP contribution in [0.15, 0.2) is 6.20 Å². The van der Waals surface area contributed by atoms with Crippen LogP contribution in [-0.4, -0.2) is 34.3 Å². The topological polar surface area (TPSA) is 47.1 Å². The Hall–Kier alpha value is -0.870. The van der Waals surface area contributed by atoms with E-state index in [9.17, 15) is 0 Å². The molecule has 122 valence electrons. The molecular weight excluding hydrogens is 260 g/mol. The molecule has 0 aromatic carbocycles. The second-order valence-corrected chi connectivity index (χ2v) is 8.32. The Morgan fingerprint density at radius 2 is 1.76 bits per heavy atom. The maximum absolute atomic E-state index is 6.13. The number of aryl methyl sites for hydroxylation is 1. The number of rotatable bonds is 4. The van der Waals surface area contributed by atoms with Crippen LogP contribution in [0.2, 0.25) is 0 Å². The van der Waals surface area contributed by atoms with Crippen LogP contribution in [0.5, 0.6) is 0 Å². The van der Waals surface area contributed by atoms with Crippen LogP contribution in [0.4, 0.5) is 0 Å². The summed E-state index contributed by atoms with van der Waals surface area (Å²) >= 11 is 0. The van der Waals surface area contributed by atoms with E-state index in [1.807, 2.05) is 11.7 Å². The zero-order chi connectivity index (χ0) is 16.6. The minimum atomic E-state index is 0.0236. The van der Waals surface area contributed by atoms with Gasteiger partial charge in [-0.3, -0.25) is 9.58 Å². The maximum Gasteiger partial charge on any atom is 0.0726 e. The van der Waals surface area contributed by atoms with Gasteiger partial charge < -0.3 is 5.73 Å². The quantitative estimate of drug-likeness (QED) is 0.928. The van der Waals surface area contributed by atoms with Crippen molar-refractivity contribution in [2.24, 2.45) is 18.2 Å². The second kappa shape index (κ2) is 6.09. The Morgan fingerprint density at radius 3 is 2.14 bits per heavy atom. The van der Waals surface area contributed by atoms with Crippen molar-refractivity contribution in [3.63, 3.8) is 0 Å². The number of nitrogens with zero attached hydrogens (tertiary/aromatic N) is 3. The molecule has 0 saturated carbocycles. The molecule has 1 rings (SSSR count). The lowest BCUT2D eigenvalue weighted by atomic mass is 9.84. The summed E-state index contributed by atoms with van der Waals surface area (Å²) in [5.41, 5.74) is 8.77. The average molecular weight is 294 g/mol. The first-order valence-electron chi connectivity index (χ1n) is 7.85. The molecule has 0 aliphatic carbocycles. The maximum atomic E-state index is 6.13. The van der Waals surface area contributed by atoms with Gasteiger partial charge in [0.15, 0.2) is 0 Å². The highest BCUT2D eigenvalue weighted by Crippen LogP contribution is 2.34. The van der Waals surface area contributed by atoms with Crippen LogP contribution < -0.4 is 5.73 Å². The Bertz CT molecular complexity index is 462. The molecule has 4 heteroatoms. The lowest BCUT2D eigenvalue weighted by Crippen LogP contribution is -2.44. The number of hydrogen-bond acceptors (Lipinski definition) is 3. The van der Waals surface area contributed by atoms with Crippen LogP contribution in [0.25, 0.3) is 0 Å². The zero-order valence-corrected chi connectivity index (χ0v) is 15.4. The van der Waals surface area contributed by atoms with Crippen molar-refractivity contribution >= 4 is 0 Å². The molecule has 0 bridgehead atoms. The molecular formula is C17H34N4. The van der Waals surface area contributed by atoms with Gasteiger partial charge in [-0.05, 0) is 19.4 Å². The van der Waals surface area contributed by atoms with Crippen molar-refractivity contribution < 1.29 is 0 Å². The molecule has 4 nitrogen and oxygen atoms in total. The van der Waals surface area contributed by atoms with E-state index < -0.39 is 0 Å². The fraction of sp³-hybridized carbons (Fsp3) is 0.824. The highest BCUT2D eigenvalue weighted by Gasteiger charge is 2.33. The number of nitrogens with two attached hydrogens (primary N) is 1. The summed E-state index contributed by atoms with van der Waals surface area (Å²) in [6.07, 6.45) is 2.13. The van der Waals surface area contributed by atoms with Gasteiger partial charge in [-0.25, -0.2) is 0 Å². The van der Waals surface area contributed by atoms with E-state index >= 15 is 0 Å². The van der Waals surface area contributed by atoms with Crippen LogP contribution in [0.1, 0.15) is 65.8 Å². The summed E-state index contributed by atoms with van der Waals surface area (Å²) in [6.45, 7) is 16.3. The molecule has 1 aromatic heterocycles. The van der Waals surface area contributed by atoms with E-state index in [4.69, 9.17) is 5.73 Å². The molecule has 21 heavy (non-hydrogen) atoms. The molecule has 0 aliphatic rings. The van der Waals surface area contributed by atoms with Gasteiger partial charge >= 0.3 is 0 Å². The SMILES string of the molecule is CC(N(C)C(CN)c1cn(C)nc1C(C)(C)C)C(C)(C)C. The monoisotopic (exact) mass is 294 g/mol. The summed E-state index contributed by atoms with van der Waals surface area (Å²) in [5.74, 6) is 0. The molecule has 2 atom stereocenters. The number of aromatic nitrogens is 2. The molecule has 1 heterocycles. The largest absolute Gasteiger partial charge is 0.329 e. The lowest BCUT2D eigenvalue weighted by molar-refractivity contribution is 0.0993. The first-order chi connectivity index (χ1) is 9.39. The Labute approximate surface area is 130 Å². The summed E-state index contributed by atoms with van der Waals surface area (Å²) in [6, 6.07) is 0.626. The standard InChI is InChI=1S/C17H34N4/c1-12(16(2,3)4)21(9)14(10-18)13-11-20(8)19-15(13)17(5,6)7/h11-12,14H,10,18H2,1-9H3. The summed E-state index contributed by atoms with van der Waals surface area (Å²) in [4.78, 5) is 2.40. The minimum Gasteiger partial charge on any atom is -0.329 e. The van der Waals surface area contributed by atoms with Crippen molar-refractivity contribution in [3.05, 3.63) is 17.5 Å². The zero-order valence-electron chi connectivity index (χ0n) is 15.4. The van der Waals surface area contributed by atoms with E-state index in [2.05, 4.69) is 71.7 Å². The predicted molar refractivity (Wildman–Crippen MR) is 90.4 cm³/mol. The van der Waals surface area contributed by atoms with E-state index in [-0.39, 0.29) is 16.9 Å². The van der Waals surface area contributed by atoms with Crippen LogP contribution in [0.3, 0.4) is 0 Å². The fourth-order valence-electron chi connectivity index (χ4n) is 2.73. The third kappa shape index (κ3) is 4.07. The van der Waals surface area contributed by atoms with Gasteiger partial charge in [0.1, 0.15) is 0 Å². The first kappa shape index (κ1) is 18.2. The summed E-state index contributed by atoms with van der Waals surface area (Å²) < 4.78 is 1.91. The molecule has 2 unspecified atom stereocenters. The van der Waals surface area contributed by atoms with Crippen LogP contribution in [-0.2, 0) is 12.5 Å². The highest BCUT2D eigenvalue weighted by molar-refractivity contribution is 5.28. The third-order valence-electron chi connectivity index (χ3n) is 4.51. The van der Waals surface area contributed by atoms with E-state index in [1.54, 1.807) is 0 Å². The highest BCUT2D eigenvalue weighted by atomic mass is 15.3. The van der Waals surface area contributed by atoms with Crippen LogP contribution >= 0.6 is 0 Å².